The van der Waals surface area contributed by atoms with Crippen LogP contribution in [0.25, 0.3) is 0 Å². The Morgan fingerprint density at radius 2 is 1.74 bits per heavy atom. The number of benzene rings is 2. The van der Waals surface area contributed by atoms with Gasteiger partial charge in [0.1, 0.15) is 0 Å². The van der Waals surface area contributed by atoms with Crippen molar-refractivity contribution in [3.8, 4) is 0 Å². The maximum absolute atomic E-state index is 4.93. The van der Waals surface area contributed by atoms with Crippen LogP contribution in [0.5, 0.6) is 0 Å². The number of nitrogens with zero attached hydrogens (tertiary/aromatic N) is 3. The van der Waals surface area contributed by atoms with E-state index < -0.39 is 0 Å². The summed E-state index contributed by atoms with van der Waals surface area (Å²) < 4.78 is 2.01. The van der Waals surface area contributed by atoms with E-state index in [1.807, 2.05) is 23.9 Å². The Balaban J connectivity index is 1.49. The number of amidine groups is 1. The molecule has 0 radical (unpaired) electrons. The fourth-order valence-corrected chi connectivity index (χ4v) is 3.43. The molecule has 2 N–H and O–H groups in total. The van der Waals surface area contributed by atoms with Crippen LogP contribution in [-0.4, -0.2) is 35.3 Å². The average Bonchev–Trinajstić information content (AvgIpc) is 3.06. The smallest absolute Gasteiger partial charge is 0.151 e. The van der Waals surface area contributed by atoms with Crippen molar-refractivity contribution in [2.45, 2.75) is 25.4 Å². The van der Waals surface area contributed by atoms with E-state index in [1.54, 1.807) is 0 Å². The Hall–Kier alpha value is -3.08. The Kier molecular flexibility index (Phi) is 5.19. The number of fused-ring (bicyclic) bond motifs is 1. The van der Waals surface area contributed by atoms with Gasteiger partial charge in [0, 0.05) is 26.3 Å². The highest BCUT2D eigenvalue weighted by molar-refractivity contribution is 6.02. The van der Waals surface area contributed by atoms with Crippen molar-refractivity contribution in [2.24, 2.45) is 4.99 Å². The summed E-state index contributed by atoms with van der Waals surface area (Å²) in [6.45, 7) is 1.65. The zero-order valence-electron chi connectivity index (χ0n) is 15.6. The molecule has 4 rings (SSSR count). The van der Waals surface area contributed by atoms with E-state index in [4.69, 9.17) is 10.1 Å². The first kappa shape index (κ1) is 17.3. The number of nitrogens with one attached hydrogen (secondary N) is 2. The van der Waals surface area contributed by atoms with E-state index in [-0.39, 0.29) is 6.04 Å². The molecule has 0 bridgehead atoms. The average molecular weight is 359 g/mol. The van der Waals surface area contributed by atoms with Crippen LogP contribution in [0.3, 0.4) is 0 Å². The van der Waals surface area contributed by atoms with Gasteiger partial charge in [-0.05, 0) is 24.0 Å². The van der Waals surface area contributed by atoms with Gasteiger partial charge in [-0.3, -0.25) is 9.67 Å². The van der Waals surface area contributed by atoms with Gasteiger partial charge >= 0.3 is 0 Å². The van der Waals surface area contributed by atoms with E-state index in [0.29, 0.717) is 0 Å². The molecule has 0 spiro atoms. The zero-order chi connectivity index (χ0) is 18.5. The molecule has 1 atom stereocenters. The van der Waals surface area contributed by atoms with Crippen LogP contribution in [0.1, 0.15) is 16.8 Å². The fourth-order valence-electron chi connectivity index (χ4n) is 3.43. The summed E-state index contributed by atoms with van der Waals surface area (Å²) in [4.78, 5) is 4.93. The first-order valence-corrected chi connectivity index (χ1v) is 9.47. The van der Waals surface area contributed by atoms with Gasteiger partial charge in [-0.1, -0.05) is 60.7 Å². The second-order valence-electron chi connectivity index (χ2n) is 6.84. The molecule has 5 nitrogen and oxygen atoms in total. The largest absolute Gasteiger partial charge is 0.380 e. The summed E-state index contributed by atoms with van der Waals surface area (Å²) in [5, 5.41) is 11.6. The SMILES string of the molecule is CNC1=N[C@H](Cc2ccccc2)CNc2cn(CCc3ccccc3)nc21. The van der Waals surface area contributed by atoms with Crippen molar-refractivity contribution in [1.29, 1.82) is 0 Å². The molecule has 5 heteroatoms. The highest BCUT2D eigenvalue weighted by Gasteiger charge is 2.21. The minimum Gasteiger partial charge on any atom is -0.380 e. The molecule has 0 saturated carbocycles. The molecule has 1 aliphatic rings. The van der Waals surface area contributed by atoms with Crippen molar-refractivity contribution < 1.29 is 0 Å². The van der Waals surface area contributed by atoms with E-state index in [1.165, 1.54) is 11.1 Å². The third-order valence-electron chi connectivity index (χ3n) is 4.85. The Morgan fingerprint density at radius 3 is 2.44 bits per heavy atom. The van der Waals surface area contributed by atoms with Gasteiger partial charge in [-0.2, -0.15) is 5.10 Å². The molecular weight excluding hydrogens is 334 g/mol. The molecule has 0 fully saturated rings. The normalized spacial score (nSPS) is 16.0. The molecule has 3 aromatic rings. The lowest BCUT2D eigenvalue weighted by Gasteiger charge is -2.12. The van der Waals surface area contributed by atoms with Crippen LogP contribution < -0.4 is 10.6 Å². The summed E-state index contributed by atoms with van der Waals surface area (Å²) in [5.74, 6) is 0.856. The number of rotatable bonds is 5. The lowest BCUT2D eigenvalue weighted by Crippen LogP contribution is -2.24. The minimum atomic E-state index is 0.182. The van der Waals surface area contributed by atoms with Gasteiger partial charge in [0.15, 0.2) is 11.5 Å². The second kappa shape index (κ2) is 8.08. The van der Waals surface area contributed by atoms with Crippen molar-refractivity contribution in [3.63, 3.8) is 0 Å². The number of aryl methyl sites for hydroxylation is 2. The molecule has 2 aromatic carbocycles. The molecule has 2 heterocycles. The standard InChI is InChI=1S/C22H25N5/c1-23-22-21-20(16-27(26-21)13-12-17-8-4-2-5-9-17)24-15-19(25-22)14-18-10-6-3-7-11-18/h2-11,16,19,24H,12-15H2,1H3,(H,23,25)/t19-/m1/s1. The maximum atomic E-state index is 4.93. The quantitative estimate of drug-likeness (QED) is 0.736. The topological polar surface area (TPSA) is 54.2 Å². The zero-order valence-corrected chi connectivity index (χ0v) is 15.6. The molecule has 0 unspecified atom stereocenters. The Morgan fingerprint density at radius 1 is 1.04 bits per heavy atom. The van der Waals surface area contributed by atoms with Gasteiger partial charge in [0.05, 0.1) is 11.7 Å². The van der Waals surface area contributed by atoms with Crippen molar-refractivity contribution in [2.75, 3.05) is 18.9 Å². The van der Waals surface area contributed by atoms with E-state index in [0.717, 1.165) is 43.1 Å². The Labute approximate surface area is 160 Å². The van der Waals surface area contributed by atoms with Gasteiger partial charge < -0.3 is 10.6 Å². The lowest BCUT2D eigenvalue weighted by molar-refractivity contribution is 0.612. The summed E-state index contributed by atoms with van der Waals surface area (Å²) in [7, 11) is 1.91. The van der Waals surface area contributed by atoms with Gasteiger partial charge in [0.2, 0.25) is 0 Å². The van der Waals surface area contributed by atoms with Crippen molar-refractivity contribution in [3.05, 3.63) is 83.7 Å². The van der Waals surface area contributed by atoms with Crippen LogP contribution in [0, 0.1) is 0 Å². The van der Waals surface area contributed by atoms with Crippen LogP contribution in [0.2, 0.25) is 0 Å². The minimum absolute atomic E-state index is 0.182. The molecule has 0 amide bonds. The Bertz CT molecular complexity index is 899. The molecule has 0 aliphatic carbocycles. The number of hydrogen-bond acceptors (Lipinski definition) is 4. The molecule has 0 saturated heterocycles. The van der Waals surface area contributed by atoms with Crippen LogP contribution in [-0.2, 0) is 19.4 Å². The molecule has 138 valence electrons. The van der Waals surface area contributed by atoms with Gasteiger partial charge in [-0.15, -0.1) is 0 Å². The van der Waals surface area contributed by atoms with Crippen molar-refractivity contribution in [1.82, 2.24) is 15.1 Å². The number of aliphatic imine (C=N–C) groups is 1. The monoisotopic (exact) mass is 359 g/mol. The summed E-state index contributed by atoms with van der Waals surface area (Å²) in [6, 6.07) is 21.2. The van der Waals surface area contributed by atoms with E-state index >= 15 is 0 Å². The predicted octanol–water partition coefficient (Wildman–Crippen LogP) is 3.13. The molecule has 27 heavy (non-hydrogen) atoms. The molecular formula is C22H25N5. The highest BCUT2D eigenvalue weighted by atomic mass is 15.3. The van der Waals surface area contributed by atoms with Crippen molar-refractivity contribution >= 4 is 11.5 Å². The third kappa shape index (κ3) is 4.19. The van der Waals surface area contributed by atoms with Gasteiger partial charge in [-0.25, -0.2) is 0 Å². The second-order valence-corrected chi connectivity index (χ2v) is 6.84. The first-order chi connectivity index (χ1) is 13.3. The van der Waals surface area contributed by atoms with Crippen LogP contribution >= 0.6 is 0 Å². The van der Waals surface area contributed by atoms with E-state index in [9.17, 15) is 0 Å². The predicted molar refractivity (Wildman–Crippen MR) is 110 cm³/mol. The summed E-state index contributed by atoms with van der Waals surface area (Å²) in [5.41, 5.74) is 4.57. The number of hydrogen-bond donors (Lipinski definition) is 2. The number of anilines is 1. The molecule has 1 aromatic heterocycles. The number of aromatic nitrogens is 2. The third-order valence-corrected chi connectivity index (χ3v) is 4.85. The van der Waals surface area contributed by atoms with Crippen LogP contribution in [0.4, 0.5) is 5.69 Å². The molecule has 1 aliphatic heterocycles. The van der Waals surface area contributed by atoms with Crippen LogP contribution in [0.15, 0.2) is 71.9 Å². The summed E-state index contributed by atoms with van der Waals surface area (Å²) >= 11 is 0. The van der Waals surface area contributed by atoms with E-state index in [2.05, 4.69) is 65.4 Å². The summed E-state index contributed by atoms with van der Waals surface area (Å²) in [6.07, 6.45) is 3.97. The first-order valence-electron chi connectivity index (χ1n) is 9.47. The maximum Gasteiger partial charge on any atom is 0.151 e. The van der Waals surface area contributed by atoms with Gasteiger partial charge in [0.25, 0.3) is 0 Å². The highest BCUT2D eigenvalue weighted by Crippen LogP contribution is 2.20. The fraction of sp³-hybridized carbons (Fsp3) is 0.273. The lowest BCUT2D eigenvalue weighted by atomic mass is 10.1.